The minimum atomic E-state index is -3.67. The van der Waals surface area contributed by atoms with Crippen LogP contribution in [0, 0.1) is 0 Å². The second kappa shape index (κ2) is 10.4. The number of carbonyl (C=O) groups is 2. The maximum Gasteiger partial charge on any atom is 0.265 e. The molecule has 1 aliphatic rings. The van der Waals surface area contributed by atoms with Crippen LogP contribution in [0.4, 0.5) is 5.69 Å². The van der Waals surface area contributed by atoms with Crippen molar-refractivity contribution in [3.63, 3.8) is 0 Å². The van der Waals surface area contributed by atoms with Gasteiger partial charge in [-0.05, 0) is 55.5 Å². The number of anilines is 1. The first-order valence-corrected chi connectivity index (χ1v) is 13.8. The third kappa shape index (κ3) is 5.06. The van der Waals surface area contributed by atoms with Crippen molar-refractivity contribution in [1.29, 1.82) is 0 Å². The summed E-state index contributed by atoms with van der Waals surface area (Å²) in [6, 6.07) is 17.8. The Hall–Kier alpha value is -2.91. The van der Waals surface area contributed by atoms with E-state index in [9.17, 15) is 18.0 Å². The molecule has 1 unspecified atom stereocenters. The van der Waals surface area contributed by atoms with E-state index in [0.717, 1.165) is 20.8 Å². The van der Waals surface area contributed by atoms with E-state index >= 15 is 0 Å². The third-order valence-electron chi connectivity index (χ3n) is 6.22. The zero-order chi connectivity index (χ0) is 25.2. The summed E-state index contributed by atoms with van der Waals surface area (Å²) < 4.78 is 28.7. The second-order valence-corrected chi connectivity index (χ2v) is 11.3. The highest BCUT2D eigenvalue weighted by Crippen LogP contribution is 2.42. The van der Waals surface area contributed by atoms with E-state index in [4.69, 9.17) is 0 Å². The number of amides is 2. The van der Waals surface area contributed by atoms with Gasteiger partial charge in [-0.1, -0.05) is 52.3 Å². The SMILES string of the molecule is CCNC(=O)C(C)N(Cc1ccc(Br)cc1)C(=O)CCCN1c2cccc3cccc(c23)S1(=O)=O. The van der Waals surface area contributed by atoms with Gasteiger partial charge >= 0.3 is 0 Å². The molecule has 0 saturated carbocycles. The van der Waals surface area contributed by atoms with Crippen LogP contribution in [-0.4, -0.2) is 44.3 Å². The standard InChI is InChI=1S/C26H28BrN3O4S/c1-3-28-26(32)18(2)29(17-19-12-14-21(27)15-13-19)24(31)11-6-16-30-22-9-4-7-20-8-5-10-23(25(20)22)35(30,33)34/h4-5,7-10,12-15,18H,3,6,11,16-17H2,1-2H3,(H,28,32). The van der Waals surface area contributed by atoms with Gasteiger partial charge in [0.2, 0.25) is 11.8 Å². The van der Waals surface area contributed by atoms with Crippen molar-refractivity contribution in [3.05, 3.63) is 70.7 Å². The first kappa shape index (κ1) is 25.2. The van der Waals surface area contributed by atoms with Crippen molar-refractivity contribution in [2.45, 2.75) is 44.2 Å². The van der Waals surface area contributed by atoms with Crippen LogP contribution in [0.25, 0.3) is 10.8 Å². The number of hydrogen-bond donors (Lipinski definition) is 1. The summed E-state index contributed by atoms with van der Waals surface area (Å²) in [5, 5.41) is 4.38. The molecule has 35 heavy (non-hydrogen) atoms. The number of likely N-dealkylation sites (N-methyl/N-ethyl adjacent to an activating group) is 1. The van der Waals surface area contributed by atoms with Crippen molar-refractivity contribution in [1.82, 2.24) is 10.2 Å². The first-order valence-electron chi connectivity index (χ1n) is 11.6. The molecule has 0 saturated heterocycles. The Labute approximate surface area is 214 Å². The van der Waals surface area contributed by atoms with Crippen molar-refractivity contribution < 1.29 is 18.0 Å². The summed E-state index contributed by atoms with van der Waals surface area (Å²) >= 11 is 3.41. The van der Waals surface area contributed by atoms with E-state index in [0.29, 0.717) is 23.5 Å². The molecule has 0 spiro atoms. The molecular formula is C26H28BrN3O4S. The topological polar surface area (TPSA) is 86.8 Å². The number of halogens is 1. The zero-order valence-corrected chi connectivity index (χ0v) is 22.1. The van der Waals surface area contributed by atoms with Gasteiger partial charge in [-0.15, -0.1) is 0 Å². The Morgan fingerprint density at radius 3 is 2.43 bits per heavy atom. The van der Waals surface area contributed by atoms with E-state index in [1.807, 2.05) is 49.4 Å². The highest BCUT2D eigenvalue weighted by Gasteiger charge is 2.35. The molecule has 1 heterocycles. The predicted molar refractivity (Wildman–Crippen MR) is 141 cm³/mol. The van der Waals surface area contributed by atoms with Crippen LogP contribution in [0.1, 0.15) is 32.3 Å². The molecule has 0 bridgehead atoms. The number of rotatable bonds is 9. The summed E-state index contributed by atoms with van der Waals surface area (Å²) in [6.07, 6.45) is 0.458. The maximum atomic E-state index is 13.3. The van der Waals surface area contributed by atoms with E-state index in [1.165, 1.54) is 4.31 Å². The number of nitrogens with zero attached hydrogens (tertiary/aromatic N) is 2. The lowest BCUT2D eigenvalue weighted by molar-refractivity contribution is -0.140. The van der Waals surface area contributed by atoms with Gasteiger partial charge in [0, 0.05) is 35.9 Å². The molecule has 2 amide bonds. The van der Waals surface area contributed by atoms with Gasteiger partial charge in [0.25, 0.3) is 10.0 Å². The minimum absolute atomic E-state index is 0.124. The number of sulfonamides is 1. The smallest absolute Gasteiger partial charge is 0.265 e. The number of nitrogens with one attached hydrogen (secondary N) is 1. The quantitative estimate of drug-likeness (QED) is 0.421. The van der Waals surface area contributed by atoms with Crippen molar-refractivity contribution >= 4 is 54.2 Å². The Balaban J connectivity index is 1.49. The average molecular weight is 558 g/mol. The molecule has 3 aromatic rings. The van der Waals surface area contributed by atoms with Crippen LogP contribution < -0.4 is 9.62 Å². The van der Waals surface area contributed by atoms with Crippen LogP contribution in [0.5, 0.6) is 0 Å². The van der Waals surface area contributed by atoms with Gasteiger partial charge in [0.15, 0.2) is 0 Å². The van der Waals surface area contributed by atoms with Crippen molar-refractivity contribution in [2.24, 2.45) is 0 Å². The lowest BCUT2D eigenvalue weighted by Gasteiger charge is -2.29. The molecule has 7 nitrogen and oxygen atoms in total. The van der Waals surface area contributed by atoms with E-state index in [1.54, 1.807) is 30.0 Å². The third-order valence-corrected chi connectivity index (χ3v) is 8.60. The van der Waals surface area contributed by atoms with Crippen molar-refractivity contribution in [3.8, 4) is 0 Å². The highest BCUT2D eigenvalue weighted by molar-refractivity contribution is 9.10. The molecule has 9 heteroatoms. The first-order chi connectivity index (χ1) is 16.7. The fourth-order valence-electron chi connectivity index (χ4n) is 4.41. The molecule has 0 aromatic heterocycles. The lowest BCUT2D eigenvalue weighted by atomic mass is 10.1. The Morgan fingerprint density at radius 2 is 1.74 bits per heavy atom. The van der Waals surface area contributed by atoms with Gasteiger partial charge in [-0.2, -0.15) is 0 Å². The van der Waals surface area contributed by atoms with E-state index in [2.05, 4.69) is 21.2 Å². The Morgan fingerprint density at radius 1 is 1.06 bits per heavy atom. The van der Waals surface area contributed by atoms with Gasteiger partial charge in [-0.25, -0.2) is 8.42 Å². The fourth-order valence-corrected chi connectivity index (χ4v) is 6.42. The van der Waals surface area contributed by atoms with Gasteiger partial charge in [-0.3, -0.25) is 13.9 Å². The van der Waals surface area contributed by atoms with Gasteiger partial charge < -0.3 is 10.2 Å². The molecule has 3 aromatic carbocycles. The highest BCUT2D eigenvalue weighted by atomic mass is 79.9. The molecule has 0 aliphatic carbocycles. The molecule has 0 radical (unpaired) electrons. The van der Waals surface area contributed by atoms with Crippen LogP contribution >= 0.6 is 15.9 Å². The second-order valence-electron chi connectivity index (χ2n) is 8.53. The summed E-state index contributed by atoms with van der Waals surface area (Å²) in [4.78, 5) is 27.7. The summed E-state index contributed by atoms with van der Waals surface area (Å²) in [5.41, 5.74) is 1.55. The van der Waals surface area contributed by atoms with Crippen LogP contribution in [0.2, 0.25) is 0 Å². The van der Waals surface area contributed by atoms with Crippen LogP contribution in [0.3, 0.4) is 0 Å². The monoisotopic (exact) mass is 557 g/mol. The predicted octanol–water partition coefficient (Wildman–Crippen LogP) is 4.44. The Kier molecular flexibility index (Phi) is 7.47. The molecule has 4 rings (SSSR count). The fraction of sp³-hybridized carbons (Fsp3) is 0.308. The zero-order valence-electron chi connectivity index (χ0n) is 19.7. The number of carbonyl (C=O) groups excluding carboxylic acids is 2. The summed E-state index contributed by atoms with van der Waals surface area (Å²) in [7, 11) is -3.67. The van der Waals surface area contributed by atoms with E-state index < -0.39 is 16.1 Å². The molecule has 0 fully saturated rings. The Bertz CT molecular complexity index is 1350. The van der Waals surface area contributed by atoms with E-state index in [-0.39, 0.29) is 31.3 Å². The maximum absolute atomic E-state index is 13.3. The normalized spacial score (nSPS) is 14.7. The van der Waals surface area contributed by atoms with Crippen molar-refractivity contribution in [2.75, 3.05) is 17.4 Å². The van der Waals surface area contributed by atoms with Gasteiger partial charge in [0.05, 0.1) is 10.6 Å². The lowest BCUT2D eigenvalue weighted by Crippen LogP contribution is -2.47. The van der Waals surface area contributed by atoms with Crippen LogP contribution in [0.15, 0.2) is 70.0 Å². The number of hydrogen-bond acceptors (Lipinski definition) is 4. The van der Waals surface area contributed by atoms with Gasteiger partial charge in [0.1, 0.15) is 6.04 Å². The summed E-state index contributed by atoms with van der Waals surface area (Å²) in [6.45, 7) is 4.49. The number of benzene rings is 3. The minimum Gasteiger partial charge on any atom is -0.355 e. The molecule has 1 N–H and O–H groups in total. The van der Waals surface area contributed by atoms with Crippen LogP contribution in [-0.2, 0) is 26.2 Å². The largest absolute Gasteiger partial charge is 0.355 e. The summed E-state index contributed by atoms with van der Waals surface area (Å²) in [5.74, 6) is -0.416. The molecular weight excluding hydrogens is 530 g/mol. The molecule has 1 aliphatic heterocycles. The molecule has 184 valence electrons. The average Bonchev–Trinajstić information content (AvgIpc) is 3.06. The molecule has 1 atom stereocenters.